The number of rotatable bonds is 4. The van der Waals surface area contributed by atoms with Crippen LogP contribution in [0.1, 0.15) is 20.8 Å². The second kappa shape index (κ2) is 7.53. The topological polar surface area (TPSA) is 67.4 Å². The molecular weight excluding hydrogens is 355 g/mol. The summed E-state index contributed by atoms with van der Waals surface area (Å²) in [4.78, 5) is 24.2. The first-order valence-corrected chi connectivity index (χ1v) is 8.73. The Morgan fingerprint density at radius 1 is 1.08 bits per heavy atom. The third kappa shape index (κ3) is 4.00. The highest BCUT2D eigenvalue weighted by molar-refractivity contribution is 7.20. The fourth-order valence-electron chi connectivity index (χ4n) is 2.31. The number of nitrogens with one attached hydrogen (secondary N) is 2. The van der Waals surface area contributed by atoms with Crippen molar-refractivity contribution in [3.05, 3.63) is 64.3 Å². The van der Waals surface area contributed by atoms with Crippen LogP contribution in [-0.2, 0) is 4.79 Å². The molecule has 0 atom stereocenters. The Bertz CT molecular complexity index is 984. The van der Waals surface area contributed by atoms with Gasteiger partial charge < -0.3 is 4.74 Å². The first kappa shape index (κ1) is 17.9. The molecule has 134 valence electrons. The fourth-order valence-corrected chi connectivity index (χ4v) is 3.28. The number of fused-ring (bicyclic) bond motifs is 1. The molecule has 26 heavy (non-hydrogen) atoms. The van der Waals surface area contributed by atoms with Gasteiger partial charge in [0.15, 0.2) is 6.61 Å². The second-order valence-corrected chi connectivity index (χ2v) is 6.88. The van der Waals surface area contributed by atoms with Crippen molar-refractivity contribution in [3.63, 3.8) is 0 Å². The predicted octanol–water partition coefficient (Wildman–Crippen LogP) is 3.50. The van der Waals surface area contributed by atoms with Gasteiger partial charge in [-0.3, -0.25) is 20.4 Å². The lowest BCUT2D eigenvalue weighted by Crippen LogP contribution is -2.43. The third-order valence-corrected chi connectivity index (χ3v) is 4.99. The summed E-state index contributed by atoms with van der Waals surface area (Å²) in [6, 6.07) is 11.6. The van der Waals surface area contributed by atoms with E-state index in [9.17, 15) is 14.0 Å². The molecule has 7 heteroatoms. The van der Waals surface area contributed by atoms with Crippen LogP contribution in [0.5, 0.6) is 5.75 Å². The Balaban J connectivity index is 1.54. The number of hydrogen-bond acceptors (Lipinski definition) is 4. The van der Waals surface area contributed by atoms with Gasteiger partial charge in [-0.25, -0.2) is 4.39 Å². The molecule has 0 aliphatic rings. The number of ether oxygens (including phenoxy) is 1. The zero-order valence-corrected chi connectivity index (χ0v) is 15.1. The van der Waals surface area contributed by atoms with E-state index in [1.165, 1.54) is 12.1 Å². The van der Waals surface area contributed by atoms with Crippen molar-refractivity contribution >= 4 is 33.2 Å². The van der Waals surface area contributed by atoms with E-state index in [0.717, 1.165) is 22.5 Å². The molecule has 0 aliphatic carbocycles. The number of halogens is 1. The van der Waals surface area contributed by atoms with Gasteiger partial charge in [0.1, 0.15) is 11.6 Å². The summed E-state index contributed by atoms with van der Waals surface area (Å²) in [5.41, 5.74) is 6.79. The summed E-state index contributed by atoms with van der Waals surface area (Å²) in [6.45, 7) is 3.71. The summed E-state index contributed by atoms with van der Waals surface area (Å²) >= 11 is 1.15. The maximum Gasteiger partial charge on any atom is 0.279 e. The monoisotopic (exact) mass is 372 g/mol. The van der Waals surface area contributed by atoms with E-state index in [2.05, 4.69) is 10.9 Å². The predicted molar refractivity (Wildman–Crippen MR) is 98.8 cm³/mol. The van der Waals surface area contributed by atoms with Gasteiger partial charge >= 0.3 is 0 Å². The maximum absolute atomic E-state index is 13.7. The highest BCUT2D eigenvalue weighted by atomic mass is 32.1. The Hall–Kier alpha value is -2.93. The van der Waals surface area contributed by atoms with Crippen LogP contribution in [0.2, 0.25) is 0 Å². The van der Waals surface area contributed by atoms with Crippen LogP contribution in [0.3, 0.4) is 0 Å². The second-order valence-electron chi connectivity index (χ2n) is 5.80. The molecule has 2 N–H and O–H groups in total. The van der Waals surface area contributed by atoms with Crippen molar-refractivity contribution in [2.24, 2.45) is 0 Å². The molecule has 0 unspecified atom stereocenters. The average molecular weight is 372 g/mol. The number of carbonyl (C=O) groups excluding carboxylic acids is 2. The normalized spacial score (nSPS) is 10.6. The minimum Gasteiger partial charge on any atom is -0.484 e. The Morgan fingerprint density at radius 3 is 2.62 bits per heavy atom. The molecule has 0 radical (unpaired) electrons. The first-order valence-electron chi connectivity index (χ1n) is 7.91. The van der Waals surface area contributed by atoms with Gasteiger partial charge in [-0.05, 0) is 55.3 Å². The molecular formula is C19H17FN2O3S. The summed E-state index contributed by atoms with van der Waals surface area (Å²) < 4.78 is 19.7. The van der Waals surface area contributed by atoms with Crippen LogP contribution in [0.15, 0.2) is 42.5 Å². The van der Waals surface area contributed by atoms with E-state index < -0.39 is 11.8 Å². The molecule has 0 saturated heterocycles. The van der Waals surface area contributed by atoms with Crippen LogP contribution in [0.25, 0.3) is 10.1 Å². The Kier molecular flexibility index (Phi) is 5.18. The van der Waals surface area contributed by atoms with Crippen molar-refractivity contribution in [3.8, 4) is 5.75 Å². The molecule has 0 fully saturated rings. The number of amides is 2. The summed E-state index contributed by atoms with van der Waals surface area (Å²) in [5.74, 6) is -0.813. The van der Waals surface area contributed by atoms with Crippen molar-refractivity contribution in [2.75, 3.05) is 6.61 Å². The minimum absolute atomic E-state index is 0.232. The van der Waals surface area contributed by atoms with Crippen molar-refractivity contribution < 1.29 is 18.7 Å². The van der Waals surface area contributed by atoms with E-state index >= 15 is 0 Å². The van der Waals surface area contributed by atoms with Crippen LogP contribution in [-0.4, -0.2) is 18.4 Å². The lowest BCUT2D eigenvalue weighted by molar-refractivity contribution is -0.123. The van der Waals surface area contributed by atoms with Crippen molar-refractivity contribution in [2.45, 2.75) is 13.8 Å². The number of carbonyl (C=O) groups is 2. The SMILES string of the molecule is Cc1ccc(OCC(=O)NNC(=O)c2cc3c(F)cccc3s2)cc1C. The molecule has 2 amide bonds. The summed E-state index contributed by atoms with van der Waals surface area (Å²) in [5, 5.41) is 0.382. The smallest absolute Gasteiger partial charge is 0.279 e. The van der Waals surface area contributed by atoms with Gasteiger partial charge in [0.05, 0.1) is 4.88 Å². The zero-order valence-electron chi connectivity index (χ0n) is 14.3. The van der Waals surface area contributed by atoms with Crippen LogP contribution < -0.4 is 15.6 Å². The van der Waals surface area contributed by atoms with Crippen LogP contribution in [0.4, 0.5) is 4.39 Å². The summed E-state index contributed by atoms with van der Waals surface area (Å²) in [7, 11) is 0. The molecule has 3 rings (SSSR count). The molecule has 0 aliphatic heterocycles. The van der Waals surface area contributed by atoms with Gasteiger partial charge in [0, 0.05) is 10.1 Å². The van der Waals surface area contributed by atoms with E-state index in [1.54, 1.807) is 18.2 Å². The molecule has 0 spiro atoms. The molecule has 2 aromatic carbocycles. The largest absolute Gasteiger partial charge is 0.484 e. The van der Waals surface area contributed by atoms with Crippen LogP contribution in [0, 0.1) is 19.7 Å². The van der Waals surface area contributed by atoms with E-state index in [-0.39, 0.29) is 12.4 Å². The molecule has 1 heterocycles. The highest BCUT2D eigenvalue weighted by Gasteiger charge is 2.13. The standard InChI is InChI=1S/C19H17FN2O3S/c1-11-6-7-13(8-12(11)2)25-10-18(23)21-22-19(24)17-9-14-15(20)4-3-5-16(14)26-17/h3-9H,10H2,1-2H3,(H,21,23)(H,22,24). The highest BCUT2D eigenvalue weighted by Crippen LogP contribution is 2.27. The van der Waals surface area contributed by atoms with Gasteiger partial charge in [-0.2, -0.15) is 0 Å². The van der Waals surface area contributed by atoms with Gasteiger partial charge in [-0.15, -0.1) is 11.3 Å². The molecule has 1 aromatic heterocycles. The van der Waals surface area contributed by atoms with Gasteiger partial charge in [0.2, 0.25) is 0 Å². The van der Waals surface area contributed by atoms with Crippen molar-refractivity contribution in [1.29, 1.82) is 0 Å². The lowest BCUT2D eigenvalue weighted by atomic mass is 10.1. The van der Waals surface area contributed by atoms with Crippen LogP contribution >= 0.6 is 11.3 Å². The molecule has 5 nitrogen and oxygen atoms in total. The fraction of sp³-hybridized carbons (Fsp3) is 0.158. The number of aryl methyl sites for hydroxylation is 2. The first-order chi connectivity index (χ1) is 12.4. The van der Waals surface area contributed by atoms with E-state index in [0.29, 0.717) is 20.7 Å². The minimum atomic E-state index is -0.509. The summed E-state index contributed by atoms with van der Waals surface area (Å²) in [6.07, 6.45) is 0. The maximum atomic E-state index is 13.7. The zero-order chi connectivity index (χ0) is 18.7. The number of thiophene rings is 1. The number of hydrazine groups is 1. The number of benzene rings is 2. The van der Waals surface area contributed by atoms with E-state index in [4.69, 9.17) is 4.74 Å². The third-order valence-electron chi connectivity index (χ3n) is 3.90. The molecule has 0 saturated carbocycles. The molecule has 3 aromatic rings. The van der Waals surface area contributed by atoms with Gasteiger partial charge in [0.25, 0.3) is 11.8 Å². The Morgan fingerprint density at radius 2 is 1.88 bits per heavy atom. The molecule has 0 bridgehead atoms. The number of hydrogen-bond donors (Lipinski definition) is 2. The Labute approximate surface area is 153 Å². The van der Waals surface area contributed by atoms with Crippen molar-refractivity contribution in [1.82, 2.24) is 10.9 Å². The van der Waals surface area contributed by atoms with E-state index in [1.807, 2.05) is 26.0 Å². The lowest BCUT2D eigenvalue weighted by Gasteiger charge is -2.09. The average Bonchev–Trinajstić information content (AvgIpc) is 3.06. The quantitative estimate of drug-likeness (QED) is 0.689. The van der Waals surface area contributed by atoms with Gasteiger partial charge in [-0.1, -0.05) is 12.1 Å².